The van der Waals surface area contributed by atoms with Crippen LogP contribution in [0.1, 0.15) is 31.4 Å². The van der Waals surface area contributed by atoms with E-state index >= 15 is 0 Å². The summed E-state index contributed by atoms with van der Waals surface area (Å²) >= 11 is 0. The smallest absolute Gasteiger partial charge is 0.127 e. The van der Waals surface area contributed by atoms with Crippen LogP contribution in [0.15, 0.2) is 18.2 Å². The van der Waals surface area contributed by atoms with Crippen LogP contribution in [0.2, 0.25) is 0 Å². The zero-order valence-electron chi connectivity index (χ0n) is 10.9. The average Bonchev–Trinajstić information content (AvgIpc) is 2.85. The van der Waals surface area contributed by atoms with Crippen molar-refractivity contribution in [3.63, 3.8) is 0 Å². The molecule has 1 aromatic rings. The monoisotopic (exact) mass is 235 g/mol. The van der Waals surface area contributed by atoms with Gasteiger partial charge >= 0.3 is 0 Å². The Hall–Kier alpha value is -1.22. The Balaban J connectivity index is 2.30. The third-order valence-corrected chi connectivity index (χ3v) is 3.57. The number of hydrogen-bond acceptors (Lipinski definition) is 3. The highest BCUT2D eigenvalue weighted by atomic mass is 16.5. The lowest BCUT2D eigenvalue weighted by Gasteiger charge is -2.24. The minimum absolute atomic E-state index is 0.501. The average molecular weight is 235 g/mol. The number of methoxy groups -OCH3 is 2. The van der Waals surface area contributed by atoms with Crippen LogP contribution >= 0.6 is 0 Å². The van der Waals surface area contributed by atoms with E-state index in [4.69, 9.17) is 9.47 Å². The third-order valence-electron chi connectivity index (χ3n) is 3.57. The molecule has 0 spiro atoms. The summed E-state index contributed by atoms with van der Waals surface area (Å²) in [5, 5.41) is 0. The maximum atomic E-state index is 5.49. The summed E-state index contributed by atoms with van der Waals surface area (Å²) in [5.41, 5.74) is 1.28. The number of likely N-dealkylation sites (tertiary alicyclic amines) is 1. The summed E-state index contributed by atoms with van der Waals surface area (Å²) in [6.45, 7) is 4.50. The van der Waals surface area contributed by atoms with Gasteiger partial charge in [-0.1, -0.05) is 13.0 Å². The van der Waals surface area contributed by atoms with E-state index < -0.39 is 0 Å². The molecular formula is C14H21NO2. The summed E-state index contributed by atoms with van der Waals surface area (Å²) in [4.78, 5) is 2.50. The molecule has 0 aromatic heterocycles. The largest absolute Gasteiger partial charge is 0.497 e. The van der Waals surface area contributed by atoms with Gasteiger partial charge in [0.1, 0.15) is 11.5 Å². The first-order chi connectivity index (χ1) is 8.30. The Bertz CT molecular complexity index is 378. The molecule has 1 unspecified atom stereocenters. The molecule has 0 saturated carbocycles. The van der Waals surface area contributed by atoms with Gasteiger partial charge in [-0.3, -0.25) is 4.90 Å². The number of benzene rings is 1. The maximum Gasteiger partial charge on any atom is 0.127 e. The maximum absolute atomic E-state index is 5.49. The minimum Gasteiger partial charge on any atom is -0.497 e. The van der Waals surface area contributed by atoms with Gasteiger partial charge in [0.25, 0.3) is 0 Å². The molecule has 1 heterocycles. The van der Waals surface area contributed by atoms with Crippen LogP contribution in [0, 0.1) is 0 Å². The van der Waals surface area contributed by atoms with Crippen molar-refractivity contribution >= 4 is 0 Å². The van der Waals surface area contributed by atoms with E-state index in [0.29, 0.717) is 6.04 Å². The quantitative estimate of drug-likeness (QED) is 0.801. The number of rotatable bonds is 4. The van der Waals surface area contributed by atoms with E-state index in [9.17, 15) is 0 Å². The van der Waals surface area contributed by atoms with Crippen LogP contribution in [0.3, 0.4) is 0 Å². The van der Waals surface area contributed by atoms with Crippen molar-refractivity contribution in [3.8, 4) is 11.5 Å². The summed E-state index contributed by atoms with van der Waals surface area (Å²) in [5.74, 6) is 1.79. The predicted octanol–water partition coefficient (Wildman–Crippen LogP) is 2.86. The second-order valence-electron chi connectivity index (χ2n) is 4.39. The molecule has 0 N–H and O–H groups in total. The van der Waals surface area contributed by atoms with Crippen molar-refractivity contribution in [1.82, 2.24) is 4.90 Å². The molecule has 3 heteroatoms. The van der Waals surface area contributed by atoms with E-state index in [1.807, 2.05) is 12.1 Å². The minimum atomic E-state index is 0.501. The fraction of sp³-hybridized carbons (Fsp3) is 0.571. The van der Waals surface area contributed by atoms with Crippen LogP contribution in [-0.2, 0) is 0 Å². The fourth-order valence-corrected chi connectivity index (χ4v) is 2.65. The topological polar surface area (TPSA) is 21.7 Å². The zero-order valence-corrected chi connectivity index (χ0v) is 10.9. The Kier molecular flexibility index (Phi) is 3.89. The summed E-state index contributed by atoms with van der Waals surface area (Å²) < 4.78 is 10.7. The molecular weight excluding hydrogens is 214 g/mol. The van der Waals surface area contributed by atoms with Crippen molar-refractivity contribution in [1.29, 1.82) is 0 Å². The summed E-state index contributed by atoms with van der Waals surface area (Å²) in [7, 11) is 3.41. The van der Waals surface area contributed by atoms with Gasteiger partial charge in [0.15, 0.2) is 0 Å². The SMILES string of the molecule is CCN1CCCC1c1ccc(OC)cc1OC. The Labute approximate surface area is 103 Å². The Morgan fingerprint density at radius 2 is 2.12 bits per heavy atom. The fourth-order valence-electron chi connectivity index (χ4n) is 2.65. The first-order valence-corrected chi connectivity index (χ1v) is 6.26. The van der Waals surface area contributed by atoms with Gasteiger partial charge in [0.2, 0.25) is 0 Å². The molecule has 1 saturated heterocycles. The Morgan fingerprint density at radius 3 is 2.76 bits per heavy atom. The van der Waals surface area contributed by atoms with Crippen molar-refractivity contribution in [2.75, 3.05) is 27.3 Å². The second kappa shape index (κ2) is 5.41. The summed E-state index contributed by atoms with van der Waals surface area (Å²) in [6.07, 6.45) is 2.49. The molecule has 0 aliphatic carbocycles. The van der Waals surface area contributed by atoms with Gasteiger partial charge in [-0.2, -0.15) is 0 Å². The van der Waals surface area contributed by atoms with Crippen molar-refractivity contribution < 1.29 is 9.47 Å². The van der Waals surface area contributed by atoms with Gasteiger partial charge < -0.3 is 9.47 Å². The molecule has 1 aromatic carbocycles. The van der Waals surface area contributed by atoms with E-state index in [1.54, 1.807) is 14.2 Å². The molecule has 0 amide bonds. The van der Waals surface area contributed by atoms with Gasteiger partial charge in [-0.15, -0.1) is 0 Å². The van der Waals surface area contributed by atoms with Gasteiger partial charge in [0, 0.05) is 17.7 Å². The molecule has 1 fully saturated rings. The molecule has 1 atom stereocenters. The van der Waals surface area contributed by atoms with Crippen molar-refractivity contribution in [2.45, 2.75) is 25.8 Å². The lowest BCUT2D eigenvalue weighted by Crippen LogP contribution is -2.23. The highest BCUT2D eigenvalue weighted by Crippen LogP contribution is 2.38. The molecule has 0 bridgehead atoms. The van der Waals surface area contributed by atoms with Gasteiger partial charge in [-0.25, -0.2) is 0 Å². The Morgan fingerprint density at radius 1 is 1.29 bits per heavy atom. The molecule has 17 heavy (non-hydrogen) atoms. The van der Waals surface area contributed by atoms with Crippen LogP contribution < -0.4 is 9.47 Å². The lowest BCUT2D eigenvalue weighted by molar-refractivity contribution is 0.264. The second-order valence-corrected chi connectivity index (χ2v) is 4.39. The molecule has 0 radical (unpaired) electrons. The molecule has 2 rings (SSSR count). The number of ether oxygens (including phenoxy) is 2. The van der Waals surface area contributed by atoms with E-state index in [-0.39, 0.29) is 0 Å². The highest BCUT2D eigenvalue weighted by Gasteiger charge is 2.27. The normalized spacial score (nSPS) is 20.5. The first kappa shape index (κ1) is 12.2. The molecule has 1 aliphatic rings. The standard InChI is InChI=1S/C14H21NO2/c1-4-15-9-5-6-13(15)12-8-7-11(16-2)10-14(12)17-3/h7-8,10,13H,4-6,9H2,1-3H3. The lowest BCUT2D eigenvalue weighted by atomic mass is 10.0. The highest BCUT2D eigenvalue weighted by molar-refractivity contribution is 5.42. The van der Waals surface area contributed by atoms with Gasteiger partial charge in [0.05, 0.1) is 14.2 Å². The first-order valence-electron chi connectivity index (χ1n) is 6.26. The van der Waals surface area contributed by atoms with Crippen LogP contribution in [0.5, 0.6) is 11.5 Å². The van der Waals surface area contributed by atoms with E-state index in [1.165, 1.54) is 24.9 Å². The third kappa shape index (κ3) is 2.39. The van der Waals surface area contributed by atoms with Crippen LogP contribution in [0.4, 0.5) is 0 Å². The van der Waals surface area contributed by atoms with Crippen LogP contribution in [-0.4, -0.2) is 32.2 Å². The van der Waals surface area contributed by atoms with E-state index in [0.717, 1.165) is 18.0 Å². The van der Waals surface area contributed by atoms with Gasteiger partial charge in [-0.05, 0) is 32.0 Å². The van der Waals surface area contributed by atoms with Crippen molar-refractivity contribution in [3.05, 3.63) is 23.8 Å². The predicted molar refractivity (Wildman–Crippen MR) is 68.8 cm³/mol. The van der Waals surface area contributed by atoms with Crippen LogP contribution in [0.25, 0.3) is 0 Å². The van der Waals surface area contributed by atoms with Crippen molar-refractivity contribution in [2.24, 2.45) is 0 Å². The van der Waals surface area contributed by atoms with E-state index in [2.05, 4.69) is 17.9 Å². The molecule has 1 aliphatic heterocycles. The molecule has 3 nitrogen and oxygen atoms in total. The molecule has 94 valence electrons. The number of nitrogens with zero attached hydrogens (tertiary/aromatic N) is 1. The zero-order chi connectivity index (χ0) is 12.3. The summed E-state index contributed by atoms with van der Waals surface area (Å²) in [6, 6.07) is 6.63. The number of hydrogen-bond donors (Lipinski definition) is 0.